The van der Waals surface area contributed by atoms with E-state index in [1.165, 1.54) is 36.9 Å². The zero-order valence-corrected chi connectivity index (χ0v) is 12.5. The first-order valence-corrected chi connectivity index (χ1v) is 7.71. The molecule has 1 unspecified atom stereocenters. The Morgan fingerprint density at radius 2 is 2.20 bits per heavy atom. The highest BCUT2D eigenvalue weighted by atomic mass is 16.5. The van der Waals surface area contributed by atoms with Crippen LogP contribution in [0.5, 0.6) is 5.75 Å². The maximum atomic E-state index is 5.75. The van der Waals surface area contributed by atoms with E-state index >= 15 is 0 Å². The molecule has 1 fully saturated rings. The second-order valence-corrected chi connectivity index (χ2v) is 6.39. The van der Waals surface area contributed by atoms with E-state index in [1.54, 1.807) is 6.20 Å². The molecule has 0 bridgehead atoms. The topological polar surface area (TPSA) is 34.1 Å². The number of aromatic nitrogens is 1. The van der Waals surface area contributed by atoms with Crippen molar-refractivity contribution in [2.75, 3.05) is 13.1 Å². The summed E-state index contributed by atoms with van der Waals surface area (Å²) in [4.78, 5) is 4.33. The Labute approximate surface area is 121 Å². The van der Waals surface area contributed by atoms with Crippen LogP contribution < -0.4 is 10.1 Å². The molecule has 2 heterocycles. The van der Waals surface area contributed by atoms with Gasteiger partial charge >= 0.3 is 0 Å². The van der Waals surface area contributed by atoms with E-state index in [4.69, 9.17) is 4.74 Å². The van der Waals surface area contributed by atoms with Gasteiger partial charge in [0.1, 0.15) is 5.75 Å². The second kappa shape index (κ2) is 5.57. The average molecular weight is 272 g/mol. The van der Waals surface area contributed by atoms with Gasteiger partial charge in [-0.2, -0.15) is 0 Å². The minimum atomic E-state index is 0.193. The molecule has 3 nitrogen and oxygen atoms in total. The van der Waals surface area contributed by atoms with Gasteiger partial charge in [-0.3, -0.25) is 4.98 Å². The maximum absolute atomic E-state index is 5.75. The largest absolute Gasteiger partial charge is 0.489 e. The molecule has 2 aliphatic rings. The number of hydrogen-bond donors (Lipinski definition) is 1. The van der Waals surface area contributed by atoms with Gasteiger partial charge in [0.05, 0.1) is 12.3 Å². The van der Waals surface area contributed by atoms with Crippen LogP contribution in [0.3, 0.4) is 0 Å². The molecule has 20 heavy (non-hydrogen) atoms. The quantitative estimate of drug-likeness (QED) is 0.915. The van der Waals surface area contributed by atoms with Gasteiger partial charge in [-0.1, -0.05) is 6.08 Å². The third-order valence-electron chi connectivity index (χ3n) is 4.33. The molecule has 1 aromatic heterocycles. The molecule has 1 aromatic rings. The summed E-state index contributed by atoms with van der Waals surface area (Å²) >= 11 is 0. The fraction of sp³-hybridized carbons (Fsp3) is 0.588. The lowest BCUT2D eigenvalue weighted by atomic mass is 9.80. The third kappa shape index (κ3) is 2.88. The molecule has 1 N–H and O–H groups in total. The van der Waals surface area contributed by atoms with Crippen molar-refractivity contribution < 1.29 is 4.74 Å². The van der Waals surface area contributed by atoms with Gasteiger partial charge in [-0.25, -0.2) is 0 Å². The van der Waals surface area contributed by atoms with Gasteiger partial charge in [-0.05, 0) is 63.3 Å². The molecule has 1 aliphatic carbocycles. The van der Waals surface area contributed by atoms with E-state index in [9.17, 15) is 0 Å². The summed E-state index contributed by atoms with van der Waals surface area (Å²) in [5.74, 6) is 0.876. The summed E-state index contributed by atoms with van der Waals surface area (Å²) in [5, 5.41) is 3.54. The summed E-state index contributed by atoms with van der Waals surface area (Å²) in [5.41, 5.74) is 3.06. The van der Waals surface area contributed by atoms with Crippen molar-refractivity contribution >= 4 is 5.57 Å². The first kappa shape index (κ1) is 13.6. The minimum absolute atomic E-state index is 0.193. The van der Waals surface area contributed by atoms with Crippen LogP contribution in [0.4, 0.5) is 0 Å². The van der Waals surface area contributed by atoms with Crippen LogP contribution in [0.2, 0.25) is 0 Å². The Hall–Kier alpha value is -1.35. The molecule has 3 heteroatoms. The van der Waals surface area contributed by atoms with Gasteiger partial charge in [-0.15, -0.1) is 0 Å². The maximum Gasteiger partial charge on any atom is 0.138 e. The predicted octanol–water partition coefficient (Wildman–Crippen LogP) is 3.42. The zero-order valence-electron chi connectivity index (χ0n) is 12.5. The van der Waals surface area contributed by atoms with Crippen LogP contribution >= 0.6 is 0 Å². The number of nitrogens with one attached hydrogen (secondary N) is 1. The standard InChI is InChI=1S/C17H24N2O/c1-13(2)20-16-8-15(10-19-11-16)14-4-6-17(9-14)5-3-7-18-12-17/h8-11,13,18H,3-7,12H2,1-2H3. The zero-order chi connectivity index (χ0) is 14.0. The Balaban J connectivity index is 1.81. The van der Waals surface area contributed by atoms with Crippen molar-refractivity contribution in [2.24, 2.45) is 5.41 Å². The highest BCUT2D eigenvalue weighted by Gasteiger charge is 2.34. The Morgan fingerprint density at radius 1 is 1.30 bits per heavy atom. The lowest BCUT2D eigenvalue weighted by Gasteiger charge is -2.32. The van der Waals surface area contributed by atoms with Gasteiger partial charge in [0.25, 0.3) is 0 Å². The van der Waals surface area contributed by atoms with Crippen LogP contribution in [0.1, 0.15) is 45.1 Å². The molecule has 108 valence electrons. The molecule has 0 aromatic carbocycles. The van der Waals surface area contributed by atoms with Crippen molar-refractivity contribution in [1.82, 2.24) is 10.3 Å². The smallest absolute Gasteiger partial charge is 0.138 e. The van der Waals surface area contributed by atoms with Crippen molar-refractivity contribution in [3.63, 3.8) is 0 Å². The lowest BCUT2D eigenvalue weighted by molar-refractivity contribution is 0.241. The molecule has 1 saturated heterocycles. The summed E-state index contributed by atoms with van der Waals surface area (Å²) in [7, 11) is 0. The molecule has 0 saturated carbocycles. The van der Waals surface area contributed by atoms with E-state index < -0.39 is 0 Å². The number of piperidine rings is 1. The molecular weight excluding hydrogens is 248 g/mol. The summed E-state index contributed by atoms with van der Waals surface area (Å²) in [6.45, 7) is 6.39. The summed E-state index contributed by atoms with van der Waals surface area (Å²) < 4.78 is 5.75. The Kier molecular flexibility index (Phi) is 3.79. The van der Waals surface area contributed by atoms with Crippen molar-refractivity contribution in [3.8, 4) is 5.75 Å². The first-order valence-electron chi connectivity index (χ1n) is 7.71. The SMILES string of the molecule is CC(C)Oc1cncc(C2=CC3(CCCNC3)CC2)c1. The Morgan fingerprint density at radius 3 is 2.95 bits per heavy atom. The lowest BCUT2D eigenvalue weighted by Crippen LogP contribution is -2.37. The summed E-state index contributed by atoms with van der Waals surface area (Å²) in [6.07, 6.45) is 11.5. The molecule has 1 atom stereocenters. The molecule has 0 radical (unpaired) electrons. The number of allylic oxidation sites excluding steroid dienone is 1. The van der Waals surface area contributed by atoms with E-state index in [2.05, 4.69) is 22.4 Å². The van der Waals surface area contributed by atoms with Crippen molar-refractivity contribution in [3.05, 3.63) is 30.1 Å². The minimum Gasteiger partial charge on any atom is -0.489 e. The second-order valence-electron chi connectivity index (χ2n) is 6.39. The van der Waals surface area contributed by atoms with Crippen LogP contribution in [0.25, 0.3) is 5.57 Å². The van der Waals surface area contributed by atoms with Gasteiger partial charge in [0.2, 0.25) is 0 Å². The van der Waals surface area contributed by atoms with Crippen molar-refractivity contribution in [1.29, 1.82) is 0 Å². The normalized spacial score (nSPS) is 26.1. The van der Waals surface area contributed by atoms with Crippen LogP contribution in [-0.2, 0) is 0 Å². The van der Waals surface area contributed by atoms with Gasteiger partial charge in [0, 0.05) is 18.2 Å². The van der Waals surface area contributed by atoms with Crippen LogP contribution in [0.15, 0.2) is 24.5 Å². The fourth-order valence-electron chi connectivity index (χ4n) is 3.38. The average Bonchev–Trinajstić information content (AvgIpc) is 2.83. The summed E-state index contributed by atoms with van der Waals surface area (Å²) in [6, 6.07) is 2.13. The monoisotopic (exact) mass is 272 g/mol. The van der Waals surface area contributed by atoms with Crippen molar-refractivity contribution in [2.45, 2.75) is 45.6 Å². The third-order valence-corrected chi connectivity index (χ3v) is 4.33. The molecule has 0 amide bonds. The molecule has 3 rings (SSSR count). The Bertz CT molecular complexity index is 501. The number of ether oxygens (including phenoxy) is 1. The number of pyridine rings is 1. The molecule has 1 aliphatic heterocycles. The highest BCUT2D eigenvalue weighted by Crippen LogP contribution is 2.44. The van der Waals surface area contributed by atoms with E-state index in [0.717, 1.165) is 18.7 Å². The number of nitrogens with zero attached hydrogens (tertiary/aromatic N) is 1. The van der Waals surface area contributed by atoms with Crippen LogP contribution in [0, 0.1) is 5.41 Å². The fourth-order valence-corrected chi connectivity index (χ4v) is 3.38. The van der Waals surface area contributed by atoms with Gasteiger partial charge in [0.15, 0.2) is 0 Å². The molecular formula is C17H24N2O. The first-order chi connectivity index (χ1) is 9.67. The van der Waals surface area contributed by atoms with Gasteiger partial charge < -0.3 is 10.1 Å². The highest BCUT2D eigenvalue weighted by molar-refractivity contribution is 5.68. The van der Waals surface area contributed by atoms with E-state index in [0.29, 0.717) is 5.41 Å². The van der Waals surface area contributed by atoms with E-state index in [1.807, 2.05) is 20.0 Å². The van der Waals surface area contributed by atoms with Crippen LogP contribution in [-0.4, -0.2) is 24.2 Å². The number of hydrogen-bond acceptors (Lipinski definition) is 3. The molecule has 1 spiro atoms. The van der Waals surface area contributed by atoms with E-state index in [-0.39, 0.29) is 6.10 Å². The number of rotatable bonds is 3. The predicted molar refractivity (Wildman–Crippen MR) is 81.7 cm³/mol.